The van der Waals surface area contributed by atoms with Crippen LogP contribution in [0.2, 0.25) is 0 Å². The summed E-state index contributed by atoms with van der Waals surface area (Å²) in [6, 6.07) is 0. The fourth-order valence-corrected chi connectivity index (χ4v) is 1.86. The smallest absolute Gasteiger partial charge is 0.422 e. The van der Waals surface area contributed by atoms with Crippen LogP contribution < -0.4 is 0 Å². The Balaban J connectivity index is 2.38. The molecular formula is C11H15F3O2. The maximum absolute atomic E-state index is 11.8. The zero-order chi connectivity index (χ0) is 12.2. The van der Waals surface area contributed by atoms with Crippen LogP contribution in [0.1, 0.15) is 32.1 Å². The lowest BCUT2D eigenvalue weighted by atomic mass is 9.84. The Morgan fingerprint density at radius 1 is 1.25 bits per heavy atom. The summed E-state index contributed by atoms with van der Waals surface area (Å²) in [4.78, 5) is 11.3. The molecule has 0 N–H and O–H groups in total. The Labute approximate surface area is 92.5 Å². The van der Waals surface area contributed by atoms with Gasteiger partial charge in [-0.25, -0.2) is 4.79 Å². The number of rotatable bonds is 3. The number of halogens is 3. The van der Waals surface area contributed by atoms with E-state index in [1.807, 2.05) is 0 Å². The van der Waals surface area contributed by atoms with E-state index in [9.17, 15) is 18.0 Å². The minimum atomic E-state index is -4.47. The molecule has 1 fully saturated rings. The molecule has 2 nitrogen and oxygen atoms in total. The van der Waals surface area contributed by atoms with Crippen LogP contribution >= 0.6 is 0 Å². The zero-order valence-corrected chi connectivity index (χ0v) is 8.98. The molecule has 5 heteroatoms. The van der Waals surface area contributed by atoms with Gasteiger partial charge in [-0.3, -0.25) is 0 Å². The SMILES string of the molecule is C=C(C(=O)OCC(F)(F)F)C1CCCCC1. The normalized spacial score (nSPS) is 18.2. The number of carbonyl (C=O) groups is 1. The molecule has 1 aliphatic carbocycles. The fraction of sp³-hybridized carbons (Fsp3) is 0.727. The maximum atomic E-state index is 11.8. The Kier molecular flexibility index (Phi) is 4.38. The van der Waals surface area contributed by atoms with E-state index in [-0.39, 0.29) is 11.5 Å². The maximum Gasteiger partial charge on any atom is 0.422 e. The van der Waals surface area contributed by atoms with E-state index in [2.05, 4.69) is 11.3 Å². The highest BCUT2D eigenvalue weighted by atomic mass is 19.4. The second-order valence-corrected chi connectivity index (χ2v) is 4.05. The van der Waals surface area contributed by atoms with Gasteiger partial charge >= 0.3 is 12.1 Å². The first kappa shape index (κ1) is 13.1. The average molecular weight is 236 g/mol. The molecule has 0 aliphatic heterocycles. The van der Waals surface area contributed by atoms with Crippen molar-refractivity contribution in [2.24, 2.45) is 5.92 Å². The molecule has 16 heavy (non-hydrogen) atoms. The van der Waals surface area contributed by atoms with E-state index in [1.165, 1.54) is 0 Å². The predicted octanol–water partition coefficient (Wildman–Crippen LogP) is 3.23. The van der Waals surface area contributed by atoms with E-state index in [0.29, 0.717) is 0 Å². The van der Waals surface area contributed by atoms with E-state index in [0.717, 1.165) is 32.1 Å². The highest BCUT2D eigenvalue weighted by Crippen LogP contribution is 2.29. The number of carbonyl (C=O) groups excluding carboxylic acids is 1. The molecule has 0 saturated heterocycles. The Hall–Kier alpha value is -1.00. The van der Waals surface area contributed by atoms with Crippen molar-refractivity contribution in [1.29, 1.82) is 0 Å². The first-order chi connectivity index (χ1) is 7.40. The summed E-state index contributed by atoms with van der Waals surface area (Å²) in [5.74, 6) is -0.918. The zero-order valence-electron chi connectivity index (χ0n) is 8.98. The van der Waals surface area contributed by atoms with Crippen molar-refractivity contribution in [1.82, 2.24) is 0 Å². The molecule has 0 aromatic heterocycles. The summed E-state index contributed by atoms with van der Waals surface area (Å²) in [7, 11) is 0. The van der Waals surface area contributed by atoms with Crippen LogP contribution in [0.4, 0.5) is 13.2 Å². The third-order valence-corrected chi connectivity index (χ3v) is 2.73. The lowest BCUT2D eigenvalue weighted by molar-refractivity contribution is -0.183. The fourth-order valence-electron chi connectivity index (χ4n) is 1.86. The topological polar surface area (TPSA) is 26.3 Å². The van der Waals surface area contributed by atoms with Crippen LogP contribution in [0, 0.1) is 5.92 Å². The van der Waals surface area contributed by atoms with Gasteiger partial charge in [0.1, 0.15) is 0 Å². The summed E-state index contributed by atoms with van der Waals surface area (Å²) in [5, 5.41) is 0. The van der Waals surface area contributed by atoms with Crippen LogP contribution in [0.5, 0.6) is 0 Å². The third kappa shape index (κ3) is 4.24. The summed E-state index contributed by atoms with van der Waals surface area (Å²) in [6.07, 6.45) is 0.274. The molecule has 0 spiro atoms. The first-order valence-electron chi connectivity index (χ1n) is 5.33. The van der Waals surface area contributed by atoms with Gasteiger partial charge in [0, 0.05) is 5.57 Å². The number of hydrogen-bond acceptors (Lipinski definition) is 2. The molecular weight excluding hydrogens is 221 g/mol. The second-order valence-electron chi connectivity index (χ2n) is 4.05. The van der Waals surface area contributed by atoms with Gasteiger partial charge in [-0.1, -0.05) is 25.8 Å². The minimum absolute atomic E-state index is 0.00511. The molecule has 0 radical (unpaired) electrons. The molecule has 0 unspecified atom stereocenters. The predicted molar refractivity (Wildman–Crippen MR) is 52.7 cm³/mol. The Bertz CT molecular complexity index is 265. The number of alkyl halides is 3. The van der Waals surface area contributed by atoms with E-state index >= 15 is 0 Å². The minimum Gasteiger partial charge on any atom is -0.453 e. The van der Waals surface area contributed by atoms with Gasteiger partial charge in [0.15, 0.2) is 6.61 Å². The molecule has 0 bridgehead atoms. The highest BCUT2D eigenvalue weighted by Gasteiger charge is 2.31. The number of ether oxygens (including phenoxy) is 1. The largest absolute Gasteiger partial charge is 0.453 e. The second kappa shape index (κ2) is 5.37. The van der Waals surface area contributed by atoms with Crippen LogP contribution in [0.25, 0.3) is 0 Å². The monoisotopic (exact) mass is 236 g/mol. The molecule has 1 rings (SSSR count). The molecule has 1 aliphatic rings. The van der Waals surface area contributed by atoms with Crippen molar-refractivity contribution in [3.63, 3.8) is 0 Å². The molecule has 0 atom stereocenters. The van der Waals surface area contributed by atoms with Gasteiger partial charge in [-0.2, -0.15) is 13.2 Å². The average Bonchev–Trinajstić information content (AvgIpc) is 2.25. The molecule has 0 amide bonds. The lowest BCUT2D eigenvalue weighted by Crippen LogP contribution is -2.23. The lowest BCUT2D eigenvalue weighted by Gasteiger charge is -2.22. The van der Waals surface area contributed by atoms with Gasteiger partial charge < -0.3 is 4.74 Å². The number of hydrogen-bond donors (Lipinski definition) is 0. The van der Waals surface area contributed by atoms with Crippen LogP contribution in [0.15, 0.2) is 12.2 Å². The Morgan fingerprint density at radius 2 is 1.81 bits per heavy atom. The van der Waals surface area contributed by atoms with Crippen molar-refractivity contribution in [3.8, 4) is 0 Å². The summed E-state index contributed by atoms with van der Waals surface area (Å²) in [6.45, 7) is 2.01. The standard InChI is InChI=1S/C11H15F3O2/c1-8(9-5-3-2-4-6-9)10(15)16-7-11(12,13)14/h9H,1-7H2. The summed E-state index contributed by atoms with van der Waals surface area (Å²) in [5.41, 5.74) is 0.184. The molecule has 0 aromatic carbocycles. The molecule has 1 saturated carbocycles. The highest BCUT2D eigenvalue weighted by molar-refractivity contribution is 5.88. The van der Waals surface area contributed by atoms with E-state index < -0.39 is 18.8 Å². The summed E-state index contributed by atoms with van der Waals surface area (Å²) < 4.78 is 39.6. The van der Waals surface area contributed by atoms with Crippen molar-refractivity contribution >= 4 is 5.97 Å². The first-order valence-corrected chi connectivity index (χ1v) is 5.33. The molecule has 0 heterocycles. The number of esters is 1. The third-order valence-electron chi connectivity index (χ3n) is 2.73. The van der Waals surface area contributed by atoms with Crippen LogP contribution in [0.3, 0.4) is 0 Å². The summed E-state index contributed by atoms with van der Waals surface area (Å²) >= 11 is 0. The van der Waals surface area contributed by atoms with Gasteiger partial charge in [-0.05, 0) is 18.8 Å². The van der Waals surface area contributed by atoms with Gasteiger partial charge in [0.25, 0.3) is 0 Å². The van der Waals surface area contributed by atoms with Gasteiger partial charge in [0.2, 0.25) is 0 Å². The van der Waals surface area contributed by atoms with Gasteiger partial charge in [-0.15, -0.1) is 0 Å². The van der Waals surface area contributed by atoms with Crippen molar-refractivity contribution < 1.29 is 22.7 Å². The van der Waals surface area contributed by atoms with E-state index in [4.69, 9.17) is 0 Å². The van der Waals surface area contributed by atoms with Crippen LogP contribution in [-0.4, -0.2) is 18.8 Å². The molecule has 92 valence electrons. The van der Waals surface area contributed by atoms with Crippen LogP contribution in [-0.2, 0) is 9.53 Å². The van der Waals surface area contributed by atoms with E-state index in [1.54, 1.807) is 0 Å². The quantitative estimate of drug-likeness (QED) is 0.555. The molecule has 0 aromatic rings. The van der Waals surface area contributed by atoms with Gasteiger partial charge in [0.05, 0.1) is 0 Å². The van der Waals surface area contributed by atoms with Crippen molar-refractivity contribution in [2.45, 2.75) is 38.3 Å². The van der Waals surface area contributed by atoms with Crippen molar-refractivity contribution in [2.75, 3.05) is 6.61 Å². The van der Waals surface area contributed by atoms with Crippen molar-refractivity contribution in [3.05, 3.63) is 12.2 Å². The Morgan fingerprint density at radius 3 is 2.31 bits per heavy atom.